The van der Waals surface area contributed by atoms with Gasteiger partial charge in [0, 0.05) is 0 Å². The van der Waals surface area contributed by atoms with E-state index in [0.29, 0.717) is 17.8 Å². The van der Waals surface area contributed by atoms with Crippen LogP contribution in [0.1, 0.15) is 98.8 Å². The molecule has 0 N–H and O–H groups in total. The van der Waals surface area contributed by atoms with Crippen LogP contribution in [-0.4, -0.2) is 12.1 Å². The van der Waals surface area contributed by atoms with Gasteiger partial charge < -0.3 is 4.74 Å². The van der Waals surface area contributed by atoms with Gasteiger partial charge in [0.1, 0.15) is 6.10 Å². The predicted octanol–water partition coefficient (Wildman–Crippen LogP) is 6.38. The molecule has 0 unspecified atom stereocenters. The summed E-state index contributed by atoms with van der Waals surface area (Å²) in [6.07, 6.45) is 11.7. The van der Waals surface area contributed by atoms with Gasteiger partial charge in [-0.25, -0.2) is 0 Å². The molecule has 0 spiro atoms. The number of carbonyl (C=O) groups excluding carboxylic acids is 1. The van der Waals surface area contributed by atoms with E-state index in [4.69, 9.17) is 4.74 Å². The Morgan fingerprint density at radius 2 is 1.78 bits per heavy atom. The second-order valence-corrected chi connectivity index (χ2v) is 8.14. The smallest absolute Gasteiger partial charge is 0.309 e. The molecule has 1 saturated carbocycles. The predicted molar refractivity (Wildman–Crippen MR) is 98.4 cm³/mol. The lowest BCUT2D eigenvalue weighted by atomic mass is 9.75. The van der Waals surface area contributed by atoms with Gasteiger partial charge in [0.2, 0.25) is 0 Å². The van der Waals surface area contributed by atoms with Gasteiger partial charge in [-0.1, -0.05) is 73.1 Å². The maximum Gasteiger partial charge on any atom is 0.309 e. The Balaban J connectivity index is 2.56. The largest absolute Gasteiger partial charge is 0.462 e. The van der Waals surface area contributed by atoms with E-state index in [-0.39, 0.29) is 18.0 Å². The van der Waals surface area contributed by atoms with Crippen molar-refractivity contribution in [1.82, 2.24) is 0 Å². The third-order valence-corrected chi connectivity index (χ3v) is 5.61. The third-order valence-electron chi connectivity index (χ3n) is 5.61. The van der Waals surface area contributed by atoms with Crippen LogP contribution in [0.3, 0.4) is 0 Å². The van der Waals surface area contributed by atoms with Crippen molar-refractivity contribution in [2.45, 2.75) is 105 Å². The Morgan fingerprint density at radius 3 is 2.39 bits per heavy atom. The van der Waals surface area contributed by atoms with Gasteiger partial charge in [-0.3, -0.25) is 4.79 Å². The van der Waals surface area contributed by atoms with Gasteiger partial charge in [0.05, 0.1) is 5.92 Å². The van der Waals surface area contributed by atoms with Gasteiger partial charge in [-0.2, -0.15) is 0 Å². The van der Waals surface area contributed by atoms with Crippen LogP contribution in [0, 0.1) is 23.7 Å². The minimum Gasteiger partial charge on any atom is -0.462 e. The summed E-state index contributed by atoms with van der Waals surface area (Å²) in [7, 11) is 0. The van der Waals surface area contributed by atoms with E-state index in [2.05, 4.69) is 34.6 Å². The van der Waals surface area contributed by atoms with Crippen LogP contribution in [0.25, 0.3) is 0 Å². The quantitative estimate of drug-likeness (QED) is 0.344. The zero-order valence-electron chi connectivity index (χ0n) is 16.3. The molecule has 0 bridgehead atoms. The van der Waals surface area contributed by atoms with Crippen LogP contribution in [-0.2, 0) is 9.53 Å². The Bertz CT molecular complexity index is 324. The Labute approximate surface area is 144 Å². The molecule has 2 heteroatoms. The topological polar surface area (TPSA) is 26.3 Å². The lowest BCUT2D eigenvalue weighted by molar-refractivity contribution is -0.161. The first kappa shape index (κ1) is 20.5. The molecule has 136 valence electrons. The lowest BCUT2D eigenvalue weighted by Crippen LogP contribution is -2.37. The van der Waals surface area contributed by atoms with Crippen LogP contribution in [0.15, 0.2) is 0 Å². The first-order chi connectivity index (χ1) is 11.0. The molecule has 0 aromatic heterocycles. The molecule has 1 aliphatic carbocycles. The van der Waals surface area contributed by atoms with Crippen molar-refractivity contribution in [3.05, 3.63) is 0 Å². The standard InChI is InChI=1S/C21H40O2/c1-6-8-9-10-12-18(11-7-2)21(22)23-20-15-17(5)13-14-19(20)16(3)4/h16-20H,6-15H2,1-5H3/t17-,18-,19+,20-/m1/s1. The summed E-state index contributed by atoms with van der Waals surface area (Å²) in [5, 5.41) is 0. The van der Waals surface area contributed by atoms with Crippen LogP contribution in [0.5, 0.6) is 0 Å². The molecule has 1 rings (SSSR count). The van der Waals surface area contributed by atoms with Crippen molar-refractivity contribution in [2.24, 2.45) is 23.7 Å². The van der Waals surface area contributed by atoms with Crippen LogP contribution in [0.4, 0.5) is 0 Å². The van der Waals surface area contributed by atoms with Gasteiger partial charge in [0.25, 0.3) is 0 Å². The molecule has 0 heterocycles. The van der Waals surface area contributed by atoms with E-state index in [0.717, 1.165) is 25.7 Å². The fourth-order valence-electron chi connectivity index (χ4n) is 4.04. The molecular weight excluding hydrogens is 284 g/mol. The first-order valence-electron chi connectivity index (χ1n) is 10.2. The summed E-state index contributed by atoms with van der Waals surface area (Å²) >= 11 is 0. The average Bonchev–Trinajstić information content (AvgIpc) is 2.50. The van der Waals surface area contributed by atoms with Crippen molar-refractivity contribution in [3.8, 4) is 0 Å². The molecule has 0 aromatic rings. The minimum absolute atomic E-state index is 0.0908. The molecule has 0 radical (unpaired) electrons. The fraction of sp³-hybridized carbons (Fsp3) is 0.952. The van der Waals surface area contributed by atoms with Crippen LogP contribution in [0.2, 0.25) is 0 Å². The van der Waals surface area contributed by atoms with Crippen molar-refractivity contribution >= 4 is 5.97 Å². The molecule has 0 saturated heterocycles. The molecule has 1 aliphatic rings. The number of unbranched alkanes of at least 4 members (excludes halogenated alkanes) is 3. The highest BCUT2D eigenvalue weighted by atomic mass is 16.5. The molecule has 4 atom stereocenters. The second kappa shape index (κ2) is 11.1. The molecule has 0 aromatic carbocycles. The van der Waals surface area contributed by atoms with Crippen molar-refractivity contribution in [2.75, 3.05) is 0 Å². The SMILES string of the molecule is CCCCCC[C@@H](CCC)C(=O)O[C@@H]1C[C@H](C)CC[C@H]1C(C)C. The summed E-state index contributed by atoms with van der Waals surface area (Å²) in [4.78, 5) is 12.7. The second-order valence-electron chi connectivity index (χ2n) is 8.14. The van der Waals surface area contributed by atoms with E-state index in [1.807, 2.05) is 0 Å². The highest BCUT2D eigenvalue weighted by molar-refractivity contribution is 5.72. The maximum absolute atomic E-state index is 12.7. The Kier molecular flexibility index (Phi) is 9.90. The van der Waals surface area contributed by atoms with E-state index in [1.54, 1.807) is 0 Å². The number of rotatable bonds is 10. The average molecular weight is 325 g/mol. The molecular formula is C21H40O2. The third kappa shape index (κ3) is 7.27. The number of hydrogen-bond acceptors (Lipinski definition) is 2. The molecule has 0 amide bonds. The Morgan fingerprint density at radius 1 is 1.04 bits per heavy atom. The Hall–Kier alpha value is -0.530. The first-order valence-corrected chi connectivity index (χ1v) is 10.2. The summed E-state index contributed by atoms with van der Waals surface area (Å²) in [5.41, 5.74) is 0. The monoisotopic (exact) mass is 324 g/mol. The lowest BCUT2D eigenvalue weighted by Gasteiger charge is -2.37. The van der Waals surface area contributed by atoms with E-state index in [9.17, 15) is 4.79 Å². The highest BCUT2D eigenvalue weighted by Gasteiger charge is 2.34. The van der Waals surface area contributed by atoms with Crippen molar-refractivity contribution < 1.29 is 9.53 Å². The number of carbonyl (C=O) groups is 1. The van der Waals surface area contributed by atoms with Crippen molar-refractivity contribution in [3.63, 3.8) is 0 Å². The minimum atomic E-state index is 0.0908. The maximum atomic E-state index is 12.7. The van der Waals surface area contributed by atoms with Gasteiger partial charge in [0.15, 0.2) is 0 Å². The summed E-state index contributed by atoms with van der Waals surface area (Å²) in [6.45, 7) is 11.2. The van der Waals surface area contributed by atoms with E-state index in [1.165, 1.54) is 38.5 Å². The summed E-state index contributed by atoms with van der Waals surface area (Å²) in [6, 6.07) is 0. The molecule has 2 nitrogen and oxygen atoms in total. The normalized spacial score (nSPS) is 26.3. The van der Waals surface area contributed by atoms with E-state index < -0.39 is 0 Å². The van der Waals surface area contributed by atoms with Gasteiger partial charge in [-0.15, -0.1) is 0 Å². The zero-order chi connectivity index (χ0) is 17.2. The van der Waals surface area contributed by atoms with Gasteiger partial charge in [-0.05, 0) is 43.4 Å². The number of esters is 1. The zero-order valence-corrected chi connectivity index (χ0v) is 16.3. The van der Waals surface area contributed by atoms with Gasteiger partial charge >= 0.3 is 5.97 Å². The molecule has 1 fully saturated rings. The molecule has 23 heavy (non-hydrogen) atoms. The van der Waals surface area contributed by atoms with Crippen molar-refractivity contribution in [1.29, 1.82) is 0 Å². The van der Waals surface area contributed by atoms with Crippen LogP contribution >= 0.6 is 0 Å². The van der Waals surface area contributed by atoms with E-state index >= 15 is 0 Å². The summed E-state index contributed by atoms with van der Waals surface area (Å²) < 4.78 is 6.07. The number of ether oxygens (including phenoxy) is 1. The molecule has 0 aliphatic heterocycles. The summed E-state index contributed by atoms with van der Waals surface area (Å²) in [5.74, 6) is 2.07. The van der Waals surface area contributed by atoms with Crippen LogP contribution < -0.4 is 0 Å². The number of hydrogen-bond donors (Lipinski definition) is 0. The fourth-order valence-corrected chi connectivity index (χ4v) is 4.04. The highest BCUT2D eigenvalue weighted by Crippen LogP contribution is 2.36.